The molecule has 26 heavy (non-hydrogen) atoms. The molecule has 7 nitrogen and oxygen atoms in total. The van der Waals surface area contributed by atoms with Crippen molar-refractivity contribution in [2.75, 3.05) is 6.54 Å². The average Bonchev–Trinajstić information content (AvgIpc) is 2.82. The van der Waals surface area contributed by atoms with E-state index in [1.165, 1.54) is 25.7 Å². The van der Waals surface area contributed by atoms with Gasteiger partial charge in [0, 0.05) is 18.2 Å². The summed E-state index contributed by atoms with van der Waals surface area (Å²) in [6.07, 6.45) is 7.23. The number of rotatable bonds is 2. The zero-order valence-corrected chi connectivity index (χ0v) is 16.1. The van der Waals surface area contributed by atoms with Crippen molar-refractivity contribution in [1.82, 2.24) is 20.4 Å². The maximum Gasteiger partial charge on any atom is 0.410 e. The van der Waals surface area contributed by atoms with E-state index in [0.29, 0.717) is 25.2 Å². The van der Waals surface area contributed by atoms with Crippen molar-refractivity contribution in [3.8, 4) is 0 Å². The molecule has 0 unspecified atom stereocenters. The minimum atomic E-state index is -0.519. The van der Waals surface area contributed by atoms with Crippen molar-refractivity contribution in [2.45, 2.75) is 83.9 Å². The Morgan fingerprint density at radius 2 is 1.88 bits per heavy atom. The van der Waals surface area contributed by atoms with Crippen LogP contribution in [-0.2, 0) is 17.7 Å². The highest BCUT2D eigenvalue weighted by molar-refractivity contribution is 5.94. The molecule has 7 heteroatoms. The number of nitrogens with one attached hydrogen (secondary N) is 2. The highest BCUT2D eigenvalue weighted by Crippen LogP contribution is 2.23. The number of nitrogens with zero attached hydrogens (tertiary/aromatic N) is 2. The SMILES string of the molecule is CC(C)(C)OC(=O)N1CCc2c(C(=O)NC3CCCCCC3)n[nH]c2C1. The normalized spacial score (nSPS) is 18.8. The van der Waals surface area contributed by atoms with Gasteiger partial charge in [0.15, 0.2) is 5.69 Å². The number of hydrogen-bond acceptors (Lipinski definition) is 4. The van der Waals surface area contributed by atoms with Gasteiger partial charge in [0.2, 0.25) is 0 Å². The van der Waals surface area contributed by atoms with E-state index in [1.807, 2.05) is 20.8 Å². The van der Waals surface area contributed by atoms with Gasteiger partial charge in [-0.1, -0.05) is 25.7 Å². The van der Waals surface area contributed by atoms with E-state index in [4.69, 9.17) is 4.74 Å². The Bertz CT molecular complexity index is 654. The number of H-pyrrole nitrogens is 1. The van der Waals surface area contributed by atoms with Crippen molar-refractivity contribution in [3.63, 3.8) is 0 Å². The van der Waals surface area contributed by atoms with Crippen LogP contribution >= 0.6 is 0 Å². The highest BCUT2D eigenvalue weighted by Gasteiger charge is 2.30. The third kappa shape index (κ3) is 4.56. The van der Waals surface area contributed by atoms with Crippen LogP contribution in [-0.4, -0.2) is 45.3 Å². The molecular formula is C19H30N4O3. The zero-order chi connectivity index (χ0) is 18.7. The van der Waals surface area contributed by atoms with Crippen molar-refractivity contribution in [3.05, 3.63) is 17.0 Å². The number of aromatic amines is 1. The molecule has 2 aliphatic rings. The van der Waals surface area contributed by atoms with E-state index in [0.717, 1.165) is 24.1 Å². The molecule has 0 radical (unpaired) electrons. The van der Waals surface area contributed by atoms with E-state index >= 15 is 0 Å². The molecule has 0 aromatic carbocycles. The quantitative estimate of drug-likeness (QED) is 0.791. The van der Waals surface area contributed by atoms with E-state index in [1.54, 1.807) is 4.90 Å². The summed E-state index contributed by atoms with van der Waals surface area (Å²) in [4.78, 5) is 26.6. The van der Waals surface area contributed by atoms with Gasteiger partial charge < -0.3 is 15.0 Å². The zero-order valence-electron chi connectivity index (χ0n) is 16.1. The first kappa shape index (κ1) is 18.7. The molecule has 2 N–H and O–H groups in total. The second-order valence-corrected chi connectivity index (χ2v) is 8.34. The monoisotopic (exact) mass is 362 g/mol. The van der Waals surface area contributed by atoms with Crippen LogP contribution < -0.4 is 5.32 Å². The number of amides is 2. The van der Waals surface area contributed by atoms with Crippen LogP contribution in [0.2, 0.25) is 0 Å². The number of ether oxygens (including phenoxy) is 1. The van der Waals surface area contributed by atoms with Gasteiger partial charge in [-0.2, -0.15) is 5.10 Å². The Balaban J connectivity index is 1.63. The molecule has 2 amide bonds. The highest BCUT2D eigenvalue weighted by atomic mass is 16.6. The van der Waals surface area contributed by atoms with Crippen LogP contribution in [0.25, 0.3) is 0 Å². The summed E-state index contributed by atoms with van der Waals surface area (Å²) in [6, 6.07) is 0.249. The van der Waals surface area contributed by atoms with Gasteiger partial charge in [0.05, 0.1) is 12.2 Å². The van der Waals surface area contributed by atoms with Crippen LogP contribution in [0.4, 0.5) is 4.79 Å². The first-order valence-electron chi connectivity index (χ1n) is 9.68. The van der Waals surface area contributed by atoms with Crippen LogP contribution in [0.15, 0.2) is 0 Å². The lowest BCUT2D eigenvalue weighted by atomic mass is 10.0. The number of carbonyl (C=O) groups is 2. The van der Waals surface area contributed by atoms with Crippen molar-refractivity contribution in [1.29, 1.82) is 0 Å². The van der Waals surface area contributed by atoms with E-state index < -0.39 is 5.60 Å². The maximum absolute atomic E-state index is 12.7. The molecule has 1 aromatic heterocycles. The molecule has 3 rings (SSSR count). The van der Waals surface area contributed by atoms with Gasteiger partial charge in [0.1, 0.15) is 5.60 Å². The molecule has 144 valence electrons. The summed E-state index contributed by atoms with van der Waals surface area (Å²) in [5, 5.41) is 10.3. The second kappa shape index (κ2) is 7.68. The molecule has 0 atom stereocenters. The Morgan fingerprint density at radius 3 is 2.54 bits per heavy atom. The van der Waals surface area contributed by atoms with Gasteiger partial charge in [0.25, 0.3) is 5.91 Å². The molecule has 1 aliphatic heterocycles. The summed E-state index contributed by atoms with van der Waals surface area (Å²) >= 11 is 0. The smallest absolute Gasteiger partial charge is 0.410 e. The first-order valence-corrected chi connectivity index (χ1v) is 9.68. The van der Waals surface area contributed by atoms with Crippen LogP contribution in [0.5, 0.6) is 0 Å². The predicted molar refractivity (Wildman–Crippen MR) is 97.9 cm³/mol. The van der Waals surface area contributed by atoms with Gasteiger partial charge in [-0.15, -0.1) is 0 Å². The van der Waals surface area contributed by atoms with Gasteiger partial charge in [-0.25, -0.2) is 4.79 Å². The summed E-state index contributed by atoms with van der Waals surface area (Å²) in [6.45, 7) is 6.49. The molecule has 1 fully saturated rings. The lowest BCUT2D eigenvalue weighted by molar-refractivity contribution is 0.0221. The van der Waals surface area contributed by atoms with Crippen LogP contribution in [0, 0.1) is 0 Å². The summed E-state index contributed by atoms with van der Waals surface area (Å²) in [5.74, 6) is -0.0971. The maximum atomic E-state index is 12.7. The topological polar surface area (TPSA) is 87.3 Å². The molecule has 0 spiro atoms. The molecule has 0 bridgehead atoms. The summed E-state index contributed by atoms with van der Waals surface area (Å²) in [7, 11) is 0. The molecule has 0 saturated heterocycles. The number of carbonyl (C=O) groups excluding carboxylic acids is 2. The number of fused-ring (bicyclic) bond motifs is 1. The van der Waals surface area contributed by atoms with Crippen molar-refractivity contribution >= 4 is 12.0 Å². The lowest BCUT2D eigenvalue weighted by Gasteiger charge is -2.29. The summed E-state index contributed by atoms with van der Waals surface area (Å²) in [5.41, 5.74) is 1.71. The summed E-state index contributed by atoms with van der Waals surface area (Å²) < 4.78 is 5.43. The fraction of sp³-hybridized carbons (Fsp3) is 0.737. The van der Waals surface area contributed by atoms with E-state index in [9.17, 15) is 9.59 Å². The fourth-order valence-corrected chi connectivity index (χ4v) is 3.67. The molecule has 1 aliphatic carbocycles. The Hall–Kier alpha value is -2.05. The minimum Gasteiger partial charge on any atom is -0.444 e. The molecule has 2 heterocycles. The Labute approximate surface area is 154 Å². The average molecular weight is 362 g/mol. The van der Waals surface area contributed by atoms with Gasteiger partial charge in [-0.05, 0) is 40.0 Å². The number of aromatic nitrogens is 2. The second-order valence-electron chi connectivity index (χ2n) is 8.34. The number of hydrogen-bond donors (Lipinski definition) is 2. The molecule has 1 saturated carbocycles. The Kier molecular flexibility index (Phi) is 5.53. The van der Waals surface area contributed by atoms with Crippen LogP contribution in [0.3, 0.4) is 0 Å². The van der Waals surface area contributed by atoms with Gasteiger partial charge >= 0.3 is 6.09 Å². The lowest BCUT2D eigenvalue weighted by Crippen LogP contribution is -2.40. The fourth-order valence-electron chi connectivity index (χ4n) is 3.67. The van der Waals surface area contributed by atoms with Crippen LogP contribution in [0.1, 0.15) is 81.0 Å². The van der Waals surface area contributed by atoms with Crippen molar-refractivity contribution in [2.24, 2.45) is 0 Å². The third-order valence-corrected chi connectivity index (χ3v) is 4.99. The van der Waals surface area contributed by atoms with E-state index in [2.05, 4.69) is 15.5 Å². The Morgan fingerprint density at radius 1 is 1.19 bits per heavy atom. The molecular weight excluding hydrogens is 332 g/mol. The third-order valence-electron chi connectivity index (χ3n) is 4.99. The van der Waals surface area contributed by atoms with Gasteiger partial charge in [-0.3, -0.25) is 9.89 Å². The first-order chi connectivity index (χ1) is 12.3. The predicted octanol–water partition coefficient (Wildman–Crippen LogP) is 3.16. The standard InChI is InChI=1S/C19H30N4O3/c1-19(2,3)26-18(25)23-11-10-14-15(12-23)21-22-16(14)17(24)20-13-8-6-4-5-7-9-13/h13H,4-12H2,1-3H3,(H,20,24)(H,21,22). The minimum absolute atomic E-state index is 0.0971. The van der Waals surface area contributed by atoms with Crippen molar-refractivity contribution < 1.29 is 14.3 Å². The van der Waals surface area contributed by atoms with E-state index in [-0.39, 0.29) is 18.0 Å². The largest absolute Gasteiger partial charge is 0.444 e. The molecule has 1 aromatic rings.